The zero-order chi connectivity index (χ0) is 8.85. The fourth-order valence-electron chi connectivity index (χ4n) is 0.778. The van der Waals surface area contributed by atoms with Crippen LogP contribution in [-0.4, -0.2) is 59.1 Å². The van der Waals surface area contributed by atoms with Crippen molar-refractivity contribution in [3.05, 3.63) is 0 Å². The quantitative estimate of drug-likeness (QED) is 0.369. The van der Waals surface area contributed by atoms with Gasteiger partial charge < -0.3 is 25.2 Å². The van der Waals surface area contributed by atoms with E-state index in [2.05, 4.69) is 4.74 Å². The molecule has 0 radical (unpaired) electrons. The fourth-order valence-corrected chi connectivity index (χ4v) is 0.778. The van der Waals surface area contributed by atoms with Gasteiger partial charge in [0.05, 0.1) is 13.2 Å². The Morgan fingerprint density at radius 1 is 1.09 bits per heavy atom. The molecule has 0 saturated carbocycles. The summed E-state index contributed by atoms with van der Waals surface area (Å²) in [5.41, 5.74) is 0. The van der Waals surface area contributed by atoms with Gasteiger partial charge in [0.1, 0.15) is 18.3 Å². The van der Waals surface area contributed by atoms with E-state index in [1.165, 1.54) is 7.11 Å². The van der Waals surface area contributed by atoms with Crippen molar-refractivity contribution in [1.29, 1.82) is 0 Å². The second-order valence-electron chi connectivity index (χ2n) is 2.20. The minimum atomic E-state index is -1.16. The molecule has 0 rings (SSSR count). The van der Waals surface area contributed by atoms with E-state index < -0.39 is 31.5 Å². The highest BCUT2D eigenvalue weighted by Crippen LogP contribution is 2.03. The van der Waals surface area contributed by atoms with E-state index in [9.17, 15) is 0 Å². The number of hydrogen-bond acceptors (Lipinski definition) is 5. The molecule has 0 bridgehead atoms. The number of aliphatic hydroxyl groups is 4. The van der Waals surface area contributed by atoms with Crippen LogP contribution in [0.1, 0.15) is 0 Å². The Hall–Kier alpha value is -0.200. The van der Waals surface area contributed by atoms with Crippen LogP contribution in [0.15, 0.2) is 0 Å². The number of hydrogen-bond donors (Lipinski definition) is 4. The first-order valence-electron chi connectivity index (χ1n) is 3.28. The van der Waals surface area contributed by atoms with Crippen molar-refractivity contribution in [3.8, 4) is 0 Å². The molecule has 3 atom stereocenters. The first-order chi connectivity index (χ1) is 5.17. The molecule has 0 aromatic heterocycles. The summed E-state index contributed by atoms with van der Waals surface area (Å²) in [4.78, 5) is 0. The second-order valence-corrected chi connectivity index (χ2v) is 2.20. The Balaban J connectivity index is 3.92. The minimum Gasteiger partial charge on any atom is -0.394 e. The first kappa shape index (κ1) is 10.8. The molecule has 0 aliphatic carbocycles. The summed E-state index contributed by atoms with van der Waals surface area (Å²) in [5, 5.41) is 34.9. The van der Waals surface area contributed by atoms with E-state index in [0.717, 1.165) is 0 Å². The van der Waals surface area contributed by atoms with Crippen molar-refractivity contribution in [1.82, 2.24) is 0 Å². The summed E-state index contributed by atoms with van der Waals surface area (Å²) >= 11 is 0. The van der Waals surface area contributed by atoms with Crippen LogP contribution >= 0.6 is 0 Å². The maximum Gasteiger partial charge on any atom is 0.113 e. The number of ether oxygens (including phenoxy) is 1. The molecule has 0 aromatic carbocycles. The van der Waals surface area contributed by atoms with Crippen LogP contribution < -0.4 is 0 Å². The number of aliphatic hydroxyl groups excluding tert-OH is 4. The highest BCUT2D eigenvalue weighted by molar-refractivity contribution is 4.75. The van der Waals surface area contributed by atoms with Gasteiger partial charge in [0.15, 0.2) is 0 Å². The molecule has 5 nitrogen and oxygen atoms in total. The van der Waals surface area contributed by atoms with E-state index in [1.807, 2.05) is 0 Å². The first-order valence-corrected chi connectivity index (χ1v) is 3.28. The average Bonchev–Trinajstić information content (AvgIpc) is 2.05. The SMILES string of the molecule is COC([C@H](O)CO)[C@@H](O)CO. The van der Waals surface area contributed by atoms with E-state index in [4.69, 9.17) is 20.4 Å². The van der Waals surface area contributed by atoms with Gasteiger partial charge in [0.25, 0.3) is 0 Å². The lowest BCUT2D eigenvalue weighted by Crippen LogP contribution is -2.42. The molecular formula is C6H14O5. The van der Waals surface area contributed by atoms with Gasteiger partial charge in [0, 0.05) is 7.11 Å². The smallest absolute Gasteiger partial charge is 0.113 e. The predicted molar refractivity (Wildman–Crippen MR) is 37.0 cm³/mol. The van der Waals surface area contributed by atoms with Gasteiger partial charge in [-0.05, 0) is 0 Å². The standard InChI is InChI=1S/C6H14O5/c1-11-6(4(9)2-7)5(10)3-8/h4-10H,2-3H2,1H3/t4-,5+,6?. The molecule has 0 spiro atoms. The summed E-state index contributed by atoms with van der Waals surface area (Å²) in [7, 11) is 1.28. The third-order valence-electron chi connectivity index (χ3n) is 1.40. The highest BCUT2D eigenvalue weighted by Gasteiger charge is 2.25. The van der Waals surface area contributed by atoms with E-state index in [1.54, 1.807) is 0 Å². The van der Waals surface area contributed by atoms with E-state index >= 15 is 0 Å². The van der Waals surface area contributed by atoms with Crippen molar-refractivity contribution in [3.63, 3.8) is 0 Å². The summed E-state index contributed by atoms with van der Waals surface area (Å²) in [6.45, 7) is -1.01. The monoisotopic (exact) mass is 166 g/mol. The van der Waals surface area contributed by atoms with Crippen molar-refractivity contribution in [2.24, 2.45) is 0 Å². The molecule has 11 heavy (non-hydrogen) atoms. The van der Waals surface area contributed by atoms with Gasteiger partial charge >= 0.3 is 0 Å². The lowest BCUT2D eigenvalue weighted by atomic mass is 10.1. The number of methoxy groups -OCH3 is 1. The van der Waals surface area contributed by atoms with Crippen LogP contribution in [0.2, 0.25) is 0 Å². The molecular weight excluding hydrogens is 152 g/mol. The summed E-state index contributed by atoms with van der Waals surface area (Å²) in [6.07, 6.45) is -3.27. The predicted octanol–water partition coefficient (Wildman–Crippen LogP) is -2.29. The Kier molecular flexibility index (Phi) is 5.35. The summed E-state index contributed by atoms with van der Waals surface area (Å²) < 4.78 is 4.64. The van der Waals surface area contributed by atoms with Crippen molar-refractivity contribution in [2.75, 3.05) is 20.3 Å². The van der Waals surface area contributed by atoms with Crippen LogP contribution in [-0.2, 0) is 4.74 Å². The van der Waals surface area contributed by atoms with Gasteiger partial charge in [-0.15, -0.1) is 0 Å². The van der Waals surface area contributed by atoms with Crippen LogP contribution in [0.5, 0.6) is 0 Å². The normalized spacial score (nSPS) is 19.4. The molecule has 0 aliphatic heterocycles. The highest BCUT2D eigenvalue weighted by atomic mass is 16.5. The molecule has 4 N–H and O–H groups in total. The maximum absolute atomic E-state index is 8.97. The zero-order valence-corrected chi connectivity index (χ0v) is 6.34. The van der Waals surface area contributed by atoms with Gasteiger partial charge in [-0.2, -0.15) is 0 Å². The number of rotatable bonds is 5. The van der Waals surface area contributed by atoms with Crippen LogP contribution in [0.25, 0.3) is 0 Å². The molecule has 0 heterocycles. The van der Waals surface area contributed by atoms with Crippen molar-refractivity contribution in [2.45, 2.75) is 18.3 Å². The third kappa shape index (κ3) is 3.13. The maximum atomic E-state index is 8.97. The van der Waals surface area contributed by atoms with Gasteiger partial charge in [-0.3, -0.25) is 0 Å². The zero-order valence-electron chi connectivity index (χ0n) is 6.34. The van der Waals surface area contributed by atoms with E-state index in [-0.39, 0.29) is 0 Å². The van der Waals surface area contributed by atoms with Crippen LogP contribution in [0.4, 0.5) is 0 Å². The molecule has 0 amide bonds. The molecule has 0 aromatic rings. The minimum absolute atomic E-state index is 0.504. The van der Waals surface area contributed by atoms with Crippen molar-refractivity contribution >= 4 is 0 Å². The Morgan fingerprint density at radius 3 is 1.64 bits per heavy atom. The fraction of sp³-hybridized carbons (Fsp3) is 1.00. The van der Waals surface area contributed by atoms with Crippen LogP contribution in [0, 0.1) is 0 Å². The van der Waals surface area contributed by atoms with Crippen LogP contribution in [0.3, 0.4) is 0 Å². The summed E-state index contributed by atoms with van der Waals surface area (Å²) in [6, 6.07) is 0. The molecule has 68 valence electrons. The molecule has 0 aliphatic rings. The lowest BCUT2D eigenvalue weighted by molar-refractivity contribution is -0.108. The molecule has 0 fully saturated rings. The van der Waals surface area contributed by atoms with Crippen molar-refractivity contribution < 1.29 is 25.2 Å². The molecule has 1 unspecified atom stereocenters. The van der Waals surface area contributed by atoms with E-state index in [0.29, 0.717) is 0 Å². The Bertz CT molecular complexity index is 87.0. The third-order valence-corrected chi connectivity index (χ3v) is 1.40. The second kappa shape index (κ2) is 5.45. The average molecular weight is 166 g/mol. The Labute approximate surface area is 64.9 Å². The molecule has 5 heteroatoms. The Morgan fingerprint density at radius 2 is 1.45 bits per heavy atom. The molecule has 0 saturated heterocycles. The summed E-state index contributed by atoms with van der Waals surface area (Å²) in [5.74, 6) is 0. The van der Waals surface area contributed by atoms with Gasteiger partial charge in [-0.25, -0.2) is 0 Å². The van der Waals surface area contributed by atoms with Gasteiger partial charge in [-0.1, -0.05) is 0 Å². The topological polar surface area (TPSA) is 90.2 Å². The lowest BCUT2D eigenvalue weighted by Gasteiger charge is -2.23. The van der Waals surface area contributed by atoms with Gasteiger partial charge in [0.2, 0.25) is 0 Å². The largest absolute Gasteiger partial charge is 0.394 e.